The molecule has 2 aromatic carbocycles. The molecule has 1 unspecified atom stereocenters. The van der Waals surface area contributed by atoms with Crippen LogP contribution in [-0.4, -0.2) is 18.6 Å². The number of hydrazone groups is 1. The number of hydrogen-bond acceptors (Lipinski definition) is 4. The topological polar surface area (TPSA) is 50.7 Å². The summed E-state index contributed by atoms with van der Waals surface area (Å²) in [6, 6.07) is 17.2. The van der Waals surface area contributed by atoms with Crippen LogP contribution in [0, 0.1) is 0 Å². The molecule has 0 radical (unpaired) electrons. The number of nitrogens with one attached hydrogen (secondary N) is 1. The molecule has 0 spiro atoms. The molecule has 114 valence electrons. The van der Waals surface area contributed by atoms with Gasteiger partial charge in [0.15, 0.2) is 5.78 Å². The van der Waals surface area contributed by atoms with Crippen molar-refractivity contribution in [1.82, 2.24) is 0 Å². The van der Waals surface area contributed by atoms with Gasteiger partial charge in [-0.15, -0.1) is 0 Å². The number of rotatable bonds is 6. The van der Waals surface area contributed by atoms with E-state index < -0.39 is 0 Å². The molecule has 0 amide bonds. The number of para-hydroxylation sites is 1. The highest BCUT2D eigenvalue weighted by atomic mass is 16.5. The summed E-state index contributed by atoms with van der Waals surface area (Å²) in [5, 5.41) is 4.30. The monoisotopic (exact) mass is 296 g/mol. The zero-order valence-electron chi connectivity index (χ0n) is 13.0. The fraction of sp³-hybridized carbons (Fsp3) is 0.222. The number of benzene rings is 2. The minimum absolute atomic E-state index is 0.0493. The number of Topliss-reactive ketones (excluding diaryl/α,β-unsaturated/α-hetero) is 1. The highest BCUT2D eigenvalue weighted by Gasteiger charge is 2.17. The summed E-state index contributed by atoms with van der Waals surface area (Å²) in [7, 11) is 1.63. The van der Waals surface area contributed by atoms with E-state index >= 15 is 0 Å². The van der Waals surface area contributed by atoms with Crippen LogP contribution in [0.2, 0.25) is 0 Å². The maximum atomic E-state index is 11.9. The number of anilines is 1. The number of ketones is 1. The summed E-state index contributed by atoms with van der Waals surface area (Å²) < 4.78 is 5.15. The van der Waals surface area contributed by atoms with E-state index in [-0.39, 0.29) is 11.7 Å². The molecular formula is C18H20N2O2. The van der Waals surface area contributed by atoms with Crippen LogP contribution in [0.3, 0.4) is 0 Å². The molecule has 4 heteroatoms. The lowest BCUT2D eigenvalue weighted by Crippen LogP contribution is -2.19. The second kappa shape index (κ2) is 7.41. The molecule has 0 saturated carbocycles. The van der Waals surface area contributed by atoms with Gasteiger partial charge in [-0.1, -0.05) is 37.3 Å². The fourth-order valence-electron chi connectivity index (χ4n) is 2.17. The van der Waals surface area contributed by atoms with E-state index in [4.69, 9.17) is 4.74 Å². The fourth-order valence-corrected chi connectivity index (χ4v) is 2.17. The predicted octanol–water partition coefficient (Wildman–Crippen LogP) is 3.86. The van der Waals surface area contributed by atoms with E-state index in [0.717, 1.165) is 17.0 Å². The van der Waals surface area contributed by atoms with Gasteiger partial charge in [0.2, 0.25) is 0 Å². The van der Waals surface area contributed by atoms with Crippen molar-refractivity contribution >= 4 is 17.2 Å². The molecule has 1 atom stereocenters. The van der Waals surface area contributed by atoms with Crippen molar-refractivity contribution in [3.8, 4) is 5.75 Å². The Labute approximate surface area is 130 Å². The first-order chi connectivity index (χ1) is 10.6. The lowest BCUT2D eigenvalue weighted by atomic mass is 9.94. The second-order valence-electron chi connectivity index (χ2n) is 5.03. The van der Waals surface area contributed by atoms with E-state index in [9.17, 15) is 4.79 Å². The van der Waals surface area contributed by atoms with Crippen LogP contribution < -0.4 is 10.2 Å². The van der Waals surface area contributed by atoms with Gasteiger partial charge in [0.05, 0.1) is 12.8 Å². The summed E-state index contributed by atoms with van der Waals surface area (Å²) in [5.41, 5.74) is 5.30. The molecule has 4 nitrogen and oxygen atoms in total. The van der Waals surface area contributed by atoms with Gasteiger partial charge in [-0.25, -0.2) is 0 Å². The van der Waals surface area contributed by atoms with Crippen molar-refractivity contribution < 1.29 is 9.53 Å². The average molecular weight is 296 g/mol. The highest BCUT2D eigenvalue weighted by Crippen LogP contribution is 2.21. The Morgan fingerprint density at radius 1 is 1.09 bits per heavy atom. The number of carbonyl (C=O) groups is 1. The van der Waals surface area contributed by atoms with Crippen LogP contribution in [0.5, 0.6) is 5.75 Å². The third kappa shape index (κ3) is 3.95. The zero-order chi connectivity index (χ0) is 15.9. The molecule has 0 aliphatic rings. The van der Waals surface area contributed by atoms with Crippen molar-refractivity contribution in [3.05, 3.63) is 60.2 Å². The first-order valence-corrected chi connectivity index (χ1v) is 7.15. The minimum atomic E-state index is -0.0976. The number of hydrogen-bond donors (Lipinski definition) is 1. The highest BCUT2D eigenvalue weighted by molar-refractivity contribution is 6.41. The summed E-state index contributed by atoms with van der Waals surface area (Å²) in [6.07, 6.45) is 0. The molecule has 2 rings (SSSR count). The Balaban J connectivity index is 2.20. The number of methoxy groups -OCH3 is 1. The molecule has 0 aliphatic carbocycles. The van der Waals surface area contributed by atoms with E-state index in [0.29, 0.717) is 5.71 Å². The van der Waals surface area contributed by atoms with E-state index in [1.807, 2.05) is 61.5 Å². The van der Waals surface area contributed by atoms with Gasteiger partial charge in [-0.2, -0.15) is 5.10 Å². The SMILES string of the molecule is COc1ccc(C(C)C(=NNc2ccccc2)C(C)=O)cc1. The van der Waals surface area contributed by atoms with Crippen molar-refractivity contribution in [2.75, 3.05) is 12.5 Å². The molecular weight excluding hydrogens is 276 g/mol. The zero-order valence-corrected chi connectivity index (χ0v) is 13.0. The first kappa shape index (κ1) is 15.8. The largest absolute Gasteiger partial charge is 0.497 e. The Morgan fingerprint density at radius 2 is 1.73 bits per heavy atom. The number of nitrogens with zero attached hydrogens (tertiary/aromatic N) is 1. The quantitative estimate of drug-likeness (QED) is 0.650. The number of ether oxygens (including phenoxy) is 1. The molecule has 0 aromatic heterocycles. The van der Waals surface area contributed by atoms with Crippen LogP contribution >= 0.6 is 0 Å². The van der Waals surface area contributed by atoms with Gasteiger partial charge in [0, 0.05) is 12.8 Å². The standard InChI is InChI=1S/C18H20N2O2/c1-13(15-9-11-17(22-3)12-10-15)18(14(2)21)20-19-16-7-5-4-6-8-16/h4-13,19H,1-3H3. The summed E-state index contributed by atoms with van der Waals surface area (Å²) >= 11 is 0. The third-order valence-electron chi connectivity index (χ3n) is 3.47. The smallest absolute Gasteiger partial charge is 0.176 e. The summed E-state index contributed by atoms with van der Waals surface area (Å²) in [4.78, 5) is 11.9. The van der Waals surface area contributed by atoms with Crippen LogP contribution in [0.4, 0.5) is 5.69 Å². The normalized spacial score (nSPS) is 12.6. The van der Waals surface area contributed by atoms with Crippen molar-refractivity contribution in [2.24, 2.45) is 5.10 Å². The van der Waals surface area contributed by atoms with Crippen LogP contribution in [0.1, 0.15) is 25.3 Å². The third-order valence-corrected chi connectivity index (χ3v) is 3.47. The van der Waals surface area contributed by atoms with Gasteiger partial charge >= 0.3 is 0 Å². The van der Waals surface area contributed by atoms with E-state index in [1.54, 1.807) is 7.11 Å². The molecule has 2 aromatic rings. The van der Waals surface area contributed by atoms with Gasteiger partial charge in [-0.3, -0.25) is 10.2 Å². The minimum Gasteiger partial charge on any atom is -0.497 e. The first-order valence-electron chi connectivity index (χ1n) is 7.15. The maximum absolute atomic E-state index is 11.9. The predicted molar refractivity (Wildman–Crippen MR) is 89.6 cm³/mol. The van der Waals surface area contributed by atoms with Gasteiger partial charge < -0.3 is 4.74 Å². The van der Waals surface area contributed by atoms with Crippen molar-refractivity contribution in [2.45, 2.75) is 19.8 Å². The van der Waals surface area contributed by atoms with E-state index in [2.05, 4.69) is 10.5 Å². The lowest BCUT2D eigenvalue weighted by molar-refractivity contribution is -0.111. The van der Waals surface area contributed by atoms with Gasteiger partial charge in [0.1, 0.15) is 11.5 Å². The molecule has 0 heterocycles. The number of carbonyl (C=O) groups excluding carboxylic acids is 1. The molecule has 0 aliphatic heterocycles. The molecule has 0 saturated heterocycles. The van der Waals surface area contributed by atoms with Crippen LogP contribution in [0.15, 0.2) is 59.7 Å². The molecule has 0 fully saturated rings. The average Bonchev–Trinajstić information content (AvgIpc) is 2.55. The van der Waals surface area contributed by atoms with Crippen LogP contribution in [0.25, 0.3) is 0 Å². The Hall–Kier alpha value is -2.62. The van der Waals surface area contributed by atoms with Gasteiger partial charge in [0.25, 0.3) is 0 Å². The van der Waals surface area contributed by atoms with Crippen LogP contribution in [-0.2, 0) is 4.79 Å². The van der Waals surface area contributed by atoms with Gasteiger partial charge in [-0.05, 0) is 29.8 Å². The molecule has 1 N–H and O–H groups in total. The Kier molecular flexibility index (Phi) is 5.31. The Bertz CT molecular complexity index is 649. The van der Waals surface area contributed by atoms with Crippen molar-refractivity contribution in [3.63, 3.8) is 0 Å². The summed E-state index contributed by atoms with van der Waals surface area (Å²) in [6.45, 7) is 3.50. The van der Waals surface area contributed by atoms with Crippen molar-refractivity contribution in [1.29, 1.82) is 0 Å². The Morgan fingerprint density at radius 3 is 2.27 bits per heavy atom. The maximum Gasteiger partial charge on any atom is 0.176 e. The summed E-state index contributed by atoms with van der Waals surface area (Å²) in [5.74, 6) is 0.644. The lowest BCUT2D eigenvalue weighted by Gasteiger charge is -2.14. The second-order valence-corrected chi connectivity index (χ2v) is 5.03. The molecule has 0 bridgehead atoms. The van der Waals surface area contributed by atoms with E-state index in [1.165, 1.54) is 6.92 Å². The molecule has 22 heavy (non-hydrogen) atoms.